The summed E-state index contributed by atoms with van der Waals surface area (Å²) in [7, 11) is 3.58. The summed E-state index contributed by atoms with van der Waals surface area (Å²) in [4.78, 5) is 46.5. The summed E-state index contributed by atoms with van der Waals surface area (Å²) in [6, 6.07) is 7.11. The minimum atomic E-state index is -2.96. The first-order valence-corrected chi connectivity index (χ1v) is 13.2. The molecule has 3 aromatic heterocycles. The lowest BCUT2D eigenvalue weighted by molar-refractivity contribution is -0.113. The molecule has 214 valence electrons. The minimum absolute atomic E-state index is 0.0513. The molecular formula is C28H28F3N7O3. The zero-order valence-corrected chi connectivity index (χ0v) is 22.5. The van der Waals surface area contributed by atoms with Gasteiger partial charge in [0.15, 0.2) is 0 Å². The van der Waals surface area contributed by atoms with Crippen LogP contribution in [0.15, 0.2) is 41.5 Å². The largest absolute Gasteiger partial charge is 0.383 e. The quantitative estimate of drug-likeness (QED) is 0.330. The molecule has 13 heteroatoms. The number of likely N-dealkylation sites (tertiary alicyclic amines) is 1. The number of hydrogen-bond donors (Lipinski definition) is 1. The van der Waals surface area contributed by atoms with Crippen LogP contribution in [-0.2, 0) is 11.3 Å². The molecule has 1 N–H and O–H groups in total. The fourth-order valence-corrected chi connectivity index (χ4v) is 4.93. The first-order chi connectivity index (χ1) is 19.6. The number of benzene rings is 1. The van der Waals surface area contributed by atoms with E-state index >= 15 is 0 Å². The van der Waals surface area contributed by atoms with Gasteiger partial charge in [0, 0.05) is 43.1 Å². The monoisotopic (exact) mass is 567 g/mol. The van der Waals surface area contributed by atoms with E-state index in [1.807, 2.05) is 18.0 Å². The van der Waals surface area contributed by atoms with Crippen LogP contribution in [-0.4, -0.2) is 86.5 Å². The Labute approximate surface area is 232 Å². The Morgan fingerprint density at radius 3 is 2.68 bits per heavy atom. The second-order valence-electron chi connectivity index (χ2n) is 10.7. The topological polar surface area (TPSA) is 109 Å². The Balaban J connectivity index is 1.39. The molecule has 1 saturated carbocycles. The number of aromatic nitrogens is 5. The Bertz CT molecular complexity index is 1690. The van der Waals surface area contributed by atoms with Crippen molar-refractivity contribution in [2.45, 2.75) is 31.2 Å². The van der Waals surface area contributed by atoms with Crippen LogP contribution in [0.2, 0.25) is 0 Å². The summed E-state index contributed by atoms with van der Waals surface area (Å²) in [6.07, 6.45) is 3.15. The number of methoxy groups -OCH3 is 1. The first kappa shape index (κ1) is 27.1. The summed E-state index contributed by atoms with van der Waals surface area (Å²) in [5.41, 5.74) is 2.32. The molecule has 4 aromatic rings. The number of alkyl halides is 2. The van der Waals surface area contributed by atoms with Crippen molar-refractivity contribution in [3.8, 4) is 17.2 Å². The highest BCUT2D eigenvalue weighted by atomic mass is 19.3. The molecule has 10 nitrogen and oxygen atoms in total. The van der Waals surface area contributed by atoms with Gasteiger partial charge in [-0.3, -0.25) is 14.5 Å². The molecule has 6 rings (SSSR count). The van der Waals surface area contributed by atoms with Gasteiger partial charge < -0.3 is 14.6 Å². The van der Waals surface area contributed by atoms with Crippen molar-refractivity contribution < 1.29 is 22.7 Å². The molecule has 1 aliphatic carbocycles. The number of H-pyrrole nitrogens is 1. The fraction of sp³-hybridized carbons (Fsp3) is 0.393. The van der Waals surface area contributed by atoms with Gasteiger partial charge in [-0.15, -0.1) is 0 Å². The lowest BCUT2D eigenvalue weighted by Gasteiger charge is -2.38. The Morgan fingerprint density at radius 1 is 1.20 bits per heavy atom. The fourth-order valence-electron chi connectivity index (χ4n) is 4.93. The van der Waals surface area contributed by atoms with Crippen molar-refractivity contribution >= 4 is 16.9 Å². The third kappa shape index (κ3) is 5.46. The molecule has 1 saturated heterocycles. The maximum Gasteiger partial charge on any atom is 0.284 e. The number of nitrogens with one attached hydrogen (secondary N) is 1. The van der Waals surface area contributed by atoms with Gasteiger partial charge in [-0.1, -0.05) is 0 Å². The van der Waals surface area contributed by atoms with E-state index < -0.39 is 36.3 Å². The average Bonchev–Trinajstić information content (AvgIpc) is 3.70. The third-order valence-electron chi connectivity index (χ3n) is 7.28. The van der Waals surface area contributed by atoms with E-state index in [9.17, 15) is 22.8 Å². The molecule has 0 bridgehead atoms. The van der Waals surface area contributed by atoms with Crippen LogP contribution in [0.4, 0.5) is 13.2 Å². The zero-order valence-electron chi connectivity index (χ0n) is 22.5. The van der Waals surface area contributed by atoms with Crippen molar-refractivity contribution in [3.05, 3.63) is 69.8 Å². The Morgan fingerprint density at radius 2 is 1.98 bits per heavy atom. The van der Waals surface area contributed by atoms with E-state index in [0.29, 0.717) is 36.4 Å². The normalized spacial score (nSPS) is 16.4. The summed E-state index contributed by atoms with van der Waals surface area (Å²) < 4.78 is 47.6. The van der Waals surface area contributed by atoms with E-state index in [2.05, 4.69) is 19.9 Å². The van der Waals surface area contributed by atoms with E-state index in [0.717, 1.165) is 29.5 Å². The highest BCUT2D eigenvalue weighted by Gasteiger charge is 2.46. The lowest BCUT2D eigenvalue weighted by atomic mass is 10.00. The molecule has 41 heavy (non-hydrogen) atoms. The maximum absolute atomic E-state index is 14.2. The molecule has 2 fully saturated rings. The lowest BCUT2D eigenvalue weighted by Crippen LogP contribution is -2.58. The van der Waals surface area contributed by atoms with Crippen LogP contribution in [0.25, 0.3) is 28.2 Å². The highest BCUT2D eigenvalue weighted by molar-refractivity contribution is 6.01. The maximum atomic E-state index is 14.2. The SMILES string of the molecule is COCCN(C)Cc1cc2ncn(-c3nc(-c4ccc(F)cc4C(=O)N4CC(F)(F)C4)cc(C4CC4)n3)c(=O)c2[nH]1. The molecule has 2 aliphatic rings. The predicted molar refractivity (Wildman–Crippen MR) is 144 cm³/mol. The van der Waals surface area contributed by atoms with Crippen LogP contribution in [0.5, 0.6) is 0 Å². The molecule has 0 unspecified atom stereocenters. The van der Waals surface area contributed by atoms with Gasteiger partial charge >= 0.3 is 0 Å². The number of ether oxygens (including phenoxy) is 1. The molecule has 0 atom stereocenters. The molecule has 1 amide bonds. The number of hydrogen-bond acceptors (Lipinski definition) is 7. The van der Waals surface area contributed by atoms with Crippen LogP contribution in [0, 0.1) is 5.82 Å². The molecule has 1 aromatic carbocycles. The molecule has 0 spiro atoms. The van der Waals surface area contributed by atoms with Crippen molar-refractivity contribution in [2.24, 2.45) is 0 Å². The second-order valence-corrected chi connectivity index (χ2v) is 10.7. The van der Waals surface area contributed by atoms with Crippen LogP contribution >= 0.6 is 0 Å². The molecule has 1 aliphatic heterocycles. The van der Waals surface area contributed by atoms with Gasteiger partial charge in [0.2, 0.25) is 5.95 Å². The first-order valence-electron chi connectivity index (χ1n) is 13.2. The van der Waals surface area contributed by atoms with E-state index in [1.165, 1.54) is 23.0 Å². The number of carbonyl (C=O) groups excluding carboxylic acids is 1. The number of rotatable bonds is 9. The highest BCUT2D eigenvalue weighted by Crippen LogP contribution is 2.40. The van der Waals surface area contributed by atoms with Crippen LogP contribution in [0.3, 0.4) is 0 Å². The Hall–Kier alpha value is -4.10. The smallest absolute Gasteiger partial charge is 0.284 e. The van der Waals surface area contributed by atoms with E-state index in [1.54, 1.807) is 13.2 Å². The summed E-state index contributed by atoms with van der Waals surface area (Å²) in [6.45, 7) is 0.380. The zero-order chi connectivity index (χ0) is 28.9. The second kappa shape index (κ2) is 10.4. The van der Waals surface area contributed by atoms with Crippen molar-refractivity contribution in [2.75, 3.05) is 40.4 Å². The van der Waals surface area contributed by atoms with Gasteiger partial charge in [0.25, 0.3) is 17.4 Å². The number of fused-ring (bicyclic) bond motifs is 1. The number of nitrogens with zero attached hydrogens (tertiary/aromatic N) is 6. The number of aromatic amines is 1. The van der Waals surface area contributed by atoms with Gasteiger partial charge in [-0.05, 0) is 50.2 Å². The Kier molecular flexibility index (Phi) is 6.86. The van der Waals surface area contributed by atoms with Gasteiger partial charge in [-0.25, -0.2) is 32.7 Å². The number of carbonyl (C=O) groups is 1. The van der Waals surface area contributed by atoms with Crippen molar-refractivity contribution in [3.63, 3.8) is 0 Å². The number of halogens is 3. The summed E-state index contributed by atoms with van der Waals surface area (Å²) in [5, 5.41) is 0. The van der Waals surface area contributed by atoms with Gasteiger partial charge in [0.05, 0.1) is 36.5 Å². The standard InChI is InChI=1S/C28H28F3N7O3/c1-36(7-8-41-2)12-18-10-23-24(33-18)26(40)38(15-32-23)27-34-21(16-3-4-16)11-22(35-27)19-6-5-17(29)9-20(19)25(39)37-13-28(30,31)14-37/h5-6,9-11,15-16,33H,3-4,7-8,12-14H2,1-2H3. The average molecular weight is 568 g/mol. The van der Waals surface area contributed by atoms with Crippen LogP contribution in [0.1, 0.15) is 40.5 Å². The van der Waals surface area contributed by atoms with Crippen LogP contribution < -0.4 is 5.56 Å². The molecule has 0 radical (unpaired) electrons. The molecular weight excluding hydrogens is 539 g/mol. The van der Waals surface area contributed by atoms with Gasteiger partial charge in [-0.2, -0.15) is 0 Å². The van der Waals surface area contributed by atoms with Crippen molar-refractivity contribution in [1.82, 2.24) is 34.3 Å². The van der Waals surface area contributed by atoms with Gasteiger partial charge in [0.1, 0.15) is 17.7 Å². The van der Waals surface area contributed by atoms with Crippen molar-refractivity contribution in [1.29, 1.82) is 0 Å². The van der Waals surface area contributed by atoms with E-state index in [4.69, 9.17) is 4.74 Å². The number of likely N-dealkylation sites (N-methyl/N-ethyl adjacent to an activating group) is 1. The summed E-state index contributed by atoms with van der Waals surface area (Å²) >= 11 is 0. The number of amides is 1. The summed E-state index contributed by atoms with van der Waals surface area (Å²) in [5.74, 6) is -4.16. The minimum Gasteiger partial charge on any atom is -0.383 e. The van der Waals surface area contributed by atoms with E-state index in [-0.39, 0.29) is 28.7 Å². The predicted octanol–water partition coefficient (Wildman–Crippen LogP) is 3.36. The molecule has 4 heterocycles. The third-order valence-corrected chi connectivity index (χ3v) is 7.28.